The molecule has 8 heteroatoms. The molecule has 0 aromatic heterocycles. The summed E-state index contributed by atoms with van der Waals surface area (Å²) in [5.41, 5.74) is 1.43. The van der Waals surface area contributed by atoms with E-state index in [1.54, 1.807) is 0 Å². The predicted molar refractivity (Wildman–Crippen MR) is 106 cm³/mol. The highest BCUT2D eigenvalue weighted by Crippen LogP contribution is 2.20. The first-order chi connectivity index (χ1) is 12.9. The third-order valence-electron chi connectivity index (χ3n) is 5.33. The van der Waals surface area contributed by atoms with E-state index in [9.17, 15) is 18.0 Å². The second-order valence-corrected chi connectivity index (χ2v) is 9.52. The maximum absolute atomic E-state index is 12.6. The van der Waals surface area contributed by atoms with Crippen molar-refractivity contribution in [1.29, 1.82) is 0 Å². The average molecular weight is 400 g/mol. The van der Waals surface area contributed by atoms with E-state index in [1.165, 1.54) is 22.7 Å². The number of rotatable bonds is 5. The van der Waals surface area contributed by atoms with Crippen LogP contribution in [0.4, 0.5) is 0 Å². The minimum atomic E-state index is -3.35. The number of carbonyl (C=O) groups is 2. The van der Waals surface area contributed by atoms with E-state index in [2.05, 4.69) is 16.7 Å². The van der Waals surface area contributed by atoms with Gasteiger partial charge in [-0.15, -0.1) is 0 Å². The van der Waals surface area contributed by atoms with E-state index in [0.29, 0.717) is 38.9 Å². The van der Waals surface area contributed by atoms with Gasteiger partial charge in [0.1, 0.15) is 0 Å². The molecule has 1 heterocycles. The highest BCUT2D eigenvalue weighted by molar-refractivity contribution is 7.88. The van der Waals surface area contributed by atoms with Crippen LogP contribution in [0.5, 0.6) is 0 Å². The van der Waals surface area contributed by atoms with Crippen LogP contribution in [0.1, 0.15) is 57.8 Å². The number of hydrogen-bond donors (Lipinski definition) is 2. The molecule has 0 saturated carbocycles. The van der Waals surface area contributed by atoms with Gasteiger partial charge in [-0.05, 0) is 51.4 Å². The van der Waals surface area contributed by atoms with Crippen molar-refractivity contribution in [1.82, 2.24) is 14.9 Å². The van der Waals surface area contributed by atoms with Crippen LogP contribution in [-0.4, -0.2) is 57.0 Å². The largest absolute Gasteiger partial charge is 0.356 e. The fraction of sp³-hybridized carbons (Fsp3) is 0.789. The summed E-state index contributed by atoms with van der Waals surface area (Å²) in [7, 11) is -3.35. The van der Waals surface area contributed by atoms with Gasteiger partial charge in [-0.2, -0.15) is 0 Å². The standard InChI is InChI=1S/C19H33N3O4S/c1-27(25,26)22-14-5-8-17(10-13-20-18(23)11-15-22)19(24)21-12-9-16-6-3-2-4-7-16/h6,17H,2-5,7-15H2,1H3,(H,20,23)(H,21,24). The first-order valence-electron chi connectivity index (χ1n) is 10.0. The summed E-state index contributed by atoms with van der Waals surface area (Å²) in [5, 5.41) is 5.82. The van der Waals surface area contributed by atoms with Crippen molar-refractivity contribution in [3.8, 4) is 0 Å². The van der Waals surface area contributed by atoms with E-state index in [-0.39, 0.29) is 30.7 Å². The minimum absolute atomic E-state index is 0.00538. The summed E-state index contributed by atoms with van der Waals surface area (Å²) >= 11 is 0. The Hall–Kier alpha value is -1.41. The van der Waals surface area contributed by atoms with Crippen LogP contribution in [0.3, 0.4) is 0 Å². The Morgan fingerprint density at radius 1 is 1.22 bits per heavy atom. The molecule has 0 radical (unpaired) electrons. The fourth-order valence-electron chi connectivity index (χ4n) is 3.69. The number of nitrogens with one attached hydrogen (secondary N) is 2. The molecule has 1 aliphatic heterocycles. The molecule has 2 N–H and O–H groups in total. The summed E-state index contributed by atoms with van der Waals surface area (Å²) in [6.45, 7) is 1.63. The summed E-state index contributed by atoms with van der Waals surface area (Å²) in [6, 6.07) is 0. The molecule has 0 bridgehead atoms. The summed E-state index contributed by atoms with van der Waals surface area (Å²) in [4.78, 5) is 24.4. The SMILES string of the molecule is CS(=O)(=O)N1CCCC(C(=O)NCCC2=CCCCC2)CCNC(=O)CC1. The monoisotopic (exact) mass is 399 g/mol. The van der Waals surface area contributed by atoms with Gasteiger partial charge in [0.15, 0.2) is 0 Å². The Bertz CT molecular complexity index is 645. The van der Waals surface area contributed by atoms with Gasteiger partial charge in [0.05, 0.1) is 6.26 Å². The van der Waals surface area contributed by atoms with Crippen LogP contribution in [-0.2, 0) is 19.6 Å². The van der Waals surface area contributed by atoms with Gasteiger partial charge < -0.3 is 10.6 Å². The van der Waals surface area contributed by atoms with Gasteiger partial charge in [0, 0.05) is 38.5 Å². The van der Waals surface area contributed by atoms with E-state index < -0.39 is 10.0 Å². The molecule has 1 atom stereocenters. The number of amides is 2. The van der Waals surface area contributed by atoms with Crippen molar-refractivity contribution < 1.29 is 18.0 Å². The Kier molecular flexibility index (Phi) is 8.76. The minimum Gasteiger partial charge on any atom is -0.356 e. The molecule has 27 heavy (non-hydrogen) atoms. The maximum Gasteiger partial charge on any atom is 0.223 e. The topological polar surface area (TPSA) is 95.6 Å². The number of carbonyl (C=O) groups excluding carboxylic acids is 2. The maximum atomic E-state index is 12.6. The molecule has 1 saturated heterocycles. The van der Waals surface area contributed by atoms with Crippen LogP contribution in [0.2, 0.25) is 0 Å². The summed E-state index contributed by atoms with van der Waals surface area (Å²) in [6.07, 6.45) is 11.1. The zero-order valence-electron chi connectivity index (χ0n) is 16.3. The average Bonchev–Trinajstić information content (AvgIpc) is 2.66. The quantitative estimate of drug-likeness (QED) is 0.686. The van der Waals surface area contributed by atoms with Gasteiger partial charge in [0.2, 0.25) is 21.8 Å². The zero-order chi connectivity index (χ0) is 19.7. The molecule has 1 unspecified atom stereocenters. The first-order valence-corrected chi connectivity index (χ1v) is 11.9. The second kappa shape index (κ2) is 10.8. The molecule has 1 fully saturated rings. The lowest BCUT2D eigenvalue weighted by molar-refractivity contribution is -0.126. The third kappa shape index (κ3) is 8.01. The van der Waals surface area contributed by atoms with Crippen LogP contribution >= 0.6 is 0 Å². The van der Waals surface area contributed by atoms with Crippen molar-refractivity contribution in [2.75, 3.05) is 32.4 Å². The molecule has 154 valence electrons. The highest BCUT2D eigenvalue weighted by atomic mass is 32.2. The number of allylic oxidation sites excluding steroid dienone is 1. The molecule has 0 aromatic rings. The van der Waals surface area contributed by atoms with Gasteiger partial charge >= 0.3 is 0 Å². The number of nitrogens with zero attached hydrogens (tertiary/aromatic N) is 1. The Morgan fingerprint density at radius 2 is 2.04 bits per heavy atom. The summed E-state index contributed by atoms with van der Waals surface area (Å²) < 4.78 is 25.1. The molecule has 2 aliphatic rings. The molecular formula is C19H33N3O4S. The van der Waals surface area contributed by atoms with Crippen molar-refractivity contribution in [2.45, 2.75) is 57.8 Å². The van der Waals surface area contributed by atoms with E-state index in [4.69, 9.17) is 0 Å². The van der Waals surface area contributed by atoms with Crippen LogP contribution in [0.25, 0.3) is 0 Å². The lowest BCUT2D eigenvalue weighted by atomic mass is 9.96. The van der Waals surface area contributed by atoms with Crippen molar-refractivity contribution in [3.63, 3.8) is 0 Å². The van der Waals surface area contributed by atoms with E-state index >= 15 is 0 Å². The lowest BCUT2D eigenvalue weighted by Gasteiger charge is -2.20. The smallest absolute Gasteiger partial charge is 0.223 e. The normalized spacial score (nSPS) is 23.7. The van der Waals surface area contributed by atoms with Gasteiger partial charge in [0.25, 0.3) is 0 Å². The number of sulfonamides is 1. The Morgan fingerprint density at radius 3 is 2.74 bits per heavy atom. The lowest BCUT2D eigenvalue weighted by Crippen LogP contribution is -2.35. The van der Waals surface area contributed by atoms with Crippen molar-refractivity contribution >= 4 is 21.8 Å². The van der Waals surface area contributed by atoms with Gasteiger partial charge in [-0.1, -0.05) is 11.6 Å². The number of hydrogen-bond acceptors (Lipinski definition) is 4. The molecule has 2 amide bonds. The van der Waals surface area contributed by atoms with Crippen LogP contribution in [0, 0.1) is 5.92 Å². The van der Waals surface area contributed by atoms with Crippen LogP contribution < -0.4 is 10.6 Å². The third-order valence-corrected chi connectivity index (χ3v) is 6.64. The first kappa shape index (κ1) is 21.9. The van der Waals surface area contributed by atoms with Crippen molar-refractivity contribution in [3.05, 3.63) is 11.6 Å². The van der Waals surface area contributed by atoms with E-state index in [0.717, 1.165) is 25.5 Å². The van der Waals surface area contributed by atoms with Gasteiger partial charge in [-0.25, -0.2) is 12.7 Å². The van der Waals surface area contributed by atoms with Crippen molar-refractivity contribution in [2.24, 2.45) is 5.92 Å². The molecule has 1 aliphatic carbocycles. The predicted octanol–water partition coefficient (Wildman–Crippen LogP) is 1.56. The fourth-order valence-corrected chi connectivity index (χ4v) is 4.57. The molecule has 2 rings (SSSR count). The van der Waals surface area contributed by atoms with E-state index in [1.807, 2.05) is 0 Å². The Balaban J connectivity index is 1.87. The molecule has 0 aromatic carbocycles. The summed E-state index contributed by atoms with van der Waals surface area (Å²) in [5.74, 6) is -0.370. The second-order valence-electron chi connectivity index (χ2n) is 7.54. The zero-order valence-corrected chi connectivity index (χ0v) is 17.2. The molecule has 0 spiro atoms. The highest BCUT2D eigenvalue weighted by Gasteiger charge is 2.23. The molecular weight excluding hydrogens is 366 g/mol. The Labute approximate surface area is 163 Å². The van der Waals surface area contributed by atoms with Gasteiger partial charge in [-0.3, -0.25) is 9.59 Å². The molecule has 7 nitrogen and oxygen atoms in total. The van der Waals surface area contributed by atoms with Crippen LogP contribution in [0.15, 0.2) is 11.6 Å².